The number of aryl methyl sites for hydroxylation is 1. The lowest BCUT2D eigenvalue weighted by Gasteiger charge is -2.14. The largest absolute Gasteiger partial charge is 0.480 e. The predicted molar refractivity (Wildman–Crippen MR) is 71.2 cm³/mol. The number of carboxylic acid groups (broad SMARTS) is 1. The maximum Gasteiger partial charge on any atom is 0.326 e. The van der Waals surface area contributed by atoms with E-state index in [1.165, 1.54) is 7.11 Å². The van der Waals surface area contributed by atoms with E-state index in [-0.39, 0.29) is 13.0 Å². The fourth-order valence-electron chi connectivity index (χ4n) is 1.60. The Kier molecular flexibility index (Phi) is 5.98. The van der Waals surface area contributed by atoms with Crippen LogP contribution in [0.3, 0.4) is 0 Å². The SMILES string of the molecule is COCCC(NC(=O)NCc1cnn(C)c1C)C(=O)O. The molecule has 1 heterocycles. The zero-order valence-electron chi connectivity index (χ0n) is 11.8. The van der Waals surface area contributed by atoms with E-state index in [1.807, 2.05) is 14.0 Å². The van der Waals surface area contributed by atoms with Gasteiger partial charge in [0.05, 0.1) is 6.20 Å². The molecular formula is C12H20N4O4. The Bertz CT molecular complexity index is 472. The number of methoxy groups -OCH3 is 1. The first-order valence-corrected chi connectivity index (χ1v) is 6.19. The molecule has 0 aliphatic carbocycles. The number of carbonyl (C=O) groups is 2. The molecule has 0 aliphatic rings. The molecule has 1 aromatic rings. The second-order valence-electron chi connectivity index (χ2n) is 4.38. The van der Waals surface area contributed by atoms with Crippen LogP contribution in [0, 0.1) is 6.92 Å². The molecule has 0 aromatic carbocycles. The molecule has 1 atom stereocenters. The van der Waals surface area contributed by atoms with E-state index >= 15 is 0 Å². The number of rotatable bonds is 7. The second kappa shape index (κ2) is 7.49. The Morgan fingerprint density at radius 1 is 1.55 bits per heavy atom. The molecular weight excluding hydrogens is 264 g/mol. The van der Waals surface area contributed by atoms with Gasteiger partial charge in [-0.15, -0.1) is 0 Å². The summed E-state index contributed by atoms with van der Waals surface area (Å²) in [5.74, 6) is -1.09. The highest BCUT2D eigenvalue weighted by atomic mass is 16.5. The van der Waals surface area contributed by atoms with Crippen molar-refractivity contribution >= 4 is 12.0 Å². The van der Waals surface area contributed by atoms with E-state index in [4.69, 9.17) is 9.84 Å². The number of hydrogen-bond donors (Lipinski definition) is 3. The fraction of sp³-hybridized carbons (Fsp3) is 0.583. The molecule has 0 aliphatic heterocycles. The Hall–Kier alpha value is -2.09. The predicted octanol–water partition coefficient (Wildman–Crippen LogP) is 0.0174. The summed E-state index contributed by atoms with van der Waals surface area (Å²) in [5.41, 5.74) is 1.82. The molecule has 0 spiro atoms. The van der Waals surface area contributed by atoms with Crippen molar-refractivity contribution in [3.8, 4) is 0 Å². The highest BCUT2D eigenvalue weighted by Gasteiger charge is 2.19. The molecule has 0 saturated carbocycles. The zero-order valence-corrected chi connectivity index (χ0v) is 11.8. The average molecular weight is 284 g/mol. The summed E-state index contributed by atoms with van der Waals surface area (Å²) in [6, 6.07) is -1.50. The number of nitrogens with one attached hydrogen (secondary N) is 2. The number of aromatic nitrogens is 2. The quantitative estimate of drug-likeness (QED) is 0.654. The van der Waals surface area contributed by atoms with Crippen molar-refractivity contribution in [2.75, 3.05) is 13.7 Å². The highest BCUT2D eigenvalue weighted by Crippen LogP contribution is 2.04. The van der Waals surface area contributed by atoms with Crippen molar-refractivity contribution in [2.24, 2.45) is 7.05 Å². The van der Waals surface area contributed by atoms with Gasteiger partial charge in [0.1, 0.15) is 6.04 Å². The number of ether oxygens (including phenoxy) is 1. The molecule has 0 saturated heterocycles. The number of nitrogens with zero attached hydrogens (tertiary/aromatic N) is 2. The van der Waals surface area contributed by atoms with Crippen LogP contribution in [0.4, 0.5) is 4.79 Å². The standard InChI is InChI=1S/C12H20N4O4/c1-8-9(7-14-16(8)2)6-13-12(19)15-10(11(17)18)4-5-20-3/h7,10H,4-6H2,1-3H3,(H,17,18)(H2,13,15,19). The number of amides is 2. The van der Waals surface area contributed by atoms with Crippen LogP contribution in [-0.4, -0.2) is 46.6 Å². The Morgan fingerprint density at radius 3 is 2.75 bits per heavy atom. The minimum atomic E-state index is -1.09. The van der Waals surface area contributed by atoms with Crippen LogP contribution in [0.1, 0.15) is 17.7 Å². The van der Waals surface area contributed by atoms with E-state index in [9.17, 15) is 9.59 Å². The Balaban J connectivity index is 2.45. The molecule has 1 unspecified atom stereocenters. The fourth-order valence-corrected chi connectivity index (χ4v) is 1.60. The van der Waals surface area contributed by atoms with Gasteiger partial charge in [-0.05, 0) is 6.92 Å². The molecule has 2 amide bonds. The van der Waals surface area contributed by atoms with E-state index in [0.717, 1.165) is 11.3 Å². The van der Waals surface area contributed by atoms with Gasteiger partial charge in [0.15, 0.2) is 0 Å². The first-order chi connectivity index (χ1) is 9.45. The van der Waals surface area contributed by atoms with Gasteiger partial charge >= 0.3 is 12.0 Å². The van der Waals surface area contributed by atoms with E-state index < -0.39 is 18.0 Å². The number of aliphatic carboxylic acids is 1. The topological polar surface area (TPSA) is 105 Å². The highest BCUT2D eigenvalue weighted by molar-refractivity contribution is 5.82. The summed E-state index contributed by atoms with van der Waals surface area (Å²) in [7, 11) is 3.29. The third kappa shape index (κ3) is 4.54. The number of urea groups is 1. The van der Waals surface area contributed by atoms with Crippen LogP contribution in [0.15, 0.2) is 6.20 Å². The molecule has 3 N–H and O–H groups in total. The summed E-state index contributed by atoms with van der Waals surface area (Å²) in [6.07, 6.45) is 1.88. The van der Waals surface area contributed by atoms with Gasteiger partial charge in [-0.2, -0.15) is 5.10 Å². The molecule has 0 bridgehead atoms. The summed E-state index contributed by atoms with van der Waals surface area (Å²) < 4.78 is 6.51. The number of carbonyl (C=O) groups excluding carboxylic acids is 1. The molecule has 1 rings (SSSR count). The molecule has 0 fully saturated rings. The minimum absolute atomic E-state index is 0.213. The van der Waals surface area contributed by atoms with Crippen LogP contribution in [0.2, 0.25) is 0 Å². The molecule has 8 nitrogen and oxygen atoms in total. The molecule has 20 heavy (non-hydrogen) atoms. The van der Waals surface area contributed by atoms with Crippen molar-refractivity contribution in [3.63, 3.8) is 0 Å². The monoisotopic (exact) mass is 284 g/mol. The Morgan fingerprint density at radius 2 is 2.25 bits per heavy atom. The van der Waals surface area contributed by atoms with Crippen molar-refractivity contribution < 1.29 is 19.4 Å². The van der Waals surface area contributed by atoms with Gasteiger partial charge in [-0.25, -0.2) is 9.59 Å². The normalized spacial score (nSPS) is 11.9. The molecule has 1 aromatic heterocycles. The first-order valence-electron chi connectivity index (χ1n) is 6.19. The summed E-state index contributed by atoms with van der Waals surface area (Å²) >= 11 is 0. The number of carboxylic acids is 1. The van der Waals surface area contributed by atoms with Crippen molar-refractivity contribution in [1.29, 1.82) is 0 Å². The lowest BCUT2D eigenvalue weighted by atomic mass is 10.2. The second-order valence-corrected chi connectivity index (χ2v) is 4.38. The summed E-state index contributed by atoms with van der Waals surface area (Å²) in [4.78, 5) is 22.6. The number of hydrogen-bond acceptors (Lipinski definition) is 4. The van der Waals surface area contributed by atoms with Gasteiger partial charge in [0.2, 0.25) is 0 Å². The maximum absolute atomic E-state index is 11.7. The molecule has 112 valence electrons. The smallest absolute Gasteiger partial charge is 0.326 e. The maximum atomic E-state index is 11.7. The van der Waals surface area contributed by atoms with Crippen molar-refractivity contribution in [3.05, 3.63) is 17.5 Å². The van der Waals surface area contributed by atoms with Crippen molar-refractivity contribution in [1.82, 2.24) is 20.4 Å². The third-order valence-electron chi connectivity index (χ3n) is 2.99. The summed E-state index contributed by atoms with van der Waals surface area (Å²) in [5, 5.41) is 18.0. The summed E-state index contributed by atoms with van der Waals surface area (Å²) in [6.45, 7) is 2.45. The van der Waals surface area contributed by atoms with Crippen LogP contribution in [0.25, 0.3) is 0 Å². The van der Waals surface area contributed by atoms with Gasteiger partial charge in [0, 0.05) is 45.0 Å². The average Bonchev–Trinajstić information content (AvgIpc) is 2.72. The van der Waals surface area contributed by atoms with Crippen LogP contribution in [0.5, 0.6) is 0 Å². The molecule has 0 radical (unpaired) electrons. The van der Waals surface area contributed by atoms with Gasteiger partial charge in [-0.3, -0.25) is 4.68 Å². The van der Waals surface area contributed by atoms with E-state index in [0.29, 0.717) is 6.54 Å². The zero-order chi connectivity index (χ0) is 15.1. The van der Waals surface area contributed by atoms with Gasteiger partial charge in [0.25, 0.3) is 0 Å². The van der Waals surface area contributed by atoms with Crippen LogP contribution < -0.4 is 10.6 Å². The van der Waals surface area contributed by atoms with Crippen LogP contribution in [-0.2, 0) is 23.1 Å². The third-order valence-corrected chi connectivity index (χ3v) is 2.99. The van der Waals surface area contributed by atoms with E-state index in [1.54, 1.807) is 10.9 Å². The van der Waals surface area contributed by atoms with Gasteiger partial charge in [-0.1, -0.05) is 0 Å². The Labute approximate surface area is 117 Å². The van der Waals surface area contributed by atoms with Crippen molar-refractivity contribution in [2.45, 2.75) is 25.9 Å². The van der Waals surface area contributed by atoms with Crippen LogP contribution >= 0.6 is 0 Å². The lowest BCUT2D eigenvalue weighted by Crippen LogP contribution is -2.46. The molecule has 8 heteroatoms. The van der Waals surface area contributed by atoms with E-state index in [2.05, 4.69) is 15.7 Å². The first kappa shape index (κ1) is 16.0. The minimum Gasteiger partial charge on any atom is -0.480 e. The van der Waals surface area contributed by atoms with Gasteiger partial charge < -0.3 is 20.5 Å². The lowest BCUT2D eigenvalue weighted by molar-refractivity contribution is -0.139.